The molecule has 2 N–H and O–H groups in total. The molecule has 0 bridgehead atoms. The van der Waals surface area contributed by atoms with Crippen molar-refractivity contribution in [2.24, 2.45) is 0 Å². The van der Waals surface area contributed by atoms with E-state index in [0.29, 0.717) is 27.2 Å². The van der Waals surface area contributed by atoms with Crippen LogP contribution in [-0.2, 0) is 0 Å². The van der Waals surface area contributed by atoms with E-state index in [1.165, 1.54) is 11.3 Å². The Labute approximate surface area is 172 Å². The number of nitrogens with one attached hydrogen (secondary N) is 2. The van der Waals surface area contributed by atoms with E-state index in [1.54, 1.807) is 12.1 Å². The van der Waals surface area contributed by atoms with Crippen LogP contribution in [0.4, 0.5) is 5.69 Å². The summed E-state index contributed by atoms with van der Waals surface area (Å²) in [5.74, 6) is -0.285. The number of halogens is 1. The smallest absolute Gasteiger partial charge is 0.265 e. The number of benzene rings is 2. The van der Waals surface area contributed by atoms with Crippen molar-refractivity contribution in [3.05, 3.63) is 74.9 Å². The number of carbonyl (C=O) groups excluding carboxylic acids is 2. The highest BCUT2D eigenvalue weighted by Crippen LogP contribution is 2.28. The van der Waals surface area contributed by atoms with Gasteiger partial charge >= 0.3 is 0 Å². The zero-order valence-electron chi connectivity index (χ0n) is 15.3. The molecule has 2 aromatic carbocycles. The van der Waals surface area contributed by atoms with Gasteiger partial charge in [-0.3, -0.25) is 9.59 Å². The Hall–Kier alpha value is -2.63. The Bertz CT molecular complexity index is 1040. The average Bonchev–Trinajstić information content (AvgIpc) is 3.35. The molecule has 1 aliphatic carbocycles. The van der Waals surface area contributed by atoms with Crippen molar-refractivity contribution in [2.75, 3.05) is 5.32 Å². The van der Waals surface area contributed by atoms with Crippen LogP contribution in [0.25, 0.3) is 11.1 Å². The number of aryl methyl sites for hydroxylation is 1. The second-order valence-corrected chi connectivity index (χ2v) is 8.29. The van der Waals surface area contributed by atoms with Crippen LogP contribution in [0.15, 0.2) is 53.9 Å². The van der Waals surface area contributed by atoms with Crippen LogP contribution in [0.1, 0.15) is 38.4 Å². The van der Waals surface area contributed by atoms with Gasteiger partial charge in [-0.2, -0.15) is 0 Å². The summed E-state index contributed by atoms with van der Waals surface area (Å²) in [6.07, 6.45) is 2.07. The maximum atomic E-state index is 12.7. The van der Waals surface area contributed by atoms with Crippen LogP contribution in [0, 0.1) is 6.92 Å². The molecular formula is C22H19ClN2O2S. The van der Waals surface area contributed by atoms with E-state index in [0.717, 1.165) is 29.5 Å². The fourth-order valence-corrected chi connectivity index (χ4v) is 3.76. The van der Waals surface area contributed by atoms with Crippen LogP contribution < -0.4 is 10.6 Å². The van der Waals surface area contributed by atoms with Gasteiger partial charge in [0, 0.05) is 22.3 Å². The summed E-state index contributed by atoms with van der Waals surface area (Å²) in [7, 11) is 0. The van der Waals surface area contributed by atoms with Crippen molar-refractivity contribution < 1.29 is 9.59 Å². The van der Waals surface area contributed by atoms with Crippen molar-refractivity contribution >= 4 is 40.4 Å². The fourth-order valence-electron chi connectivity index (χ4n) is 2.83. The third kappa shape index (κ3) is 4.26. The lowest BCUT2D eigenvalue weighted by Crippen LogP contribution is -2.25. The predicted octanol–water partition coefficient (Wildman–Crippen LogP) is 5.52. The van der Waals surface area contributed by atoms with Gasteiger partial charge in [-0.05, 0) is 72.2 Å². The molecule has 1 aliphatic rings. The fraction of sp³-hybridized carbons (Fsp3) is 0.182. The zero-order chi connectivity index (χ0) is 19.7. The molecule has 28 heavy (non-hydrogen) atoms. The number of hydrogen-bond donors (Lipinski definition) is 2. The number of rotatable bonds is 5. The number of hydrogen-bond acceptors (Lipinski definition) is 3. The molecule has 0 unspecified atom stereocenters. The minimum Gasteiger partial charge on any atom is -0.349 e. The lowest BCUT2D eigenvalue weighted by molar-refractivity contribution is 0.0949. The first kappa shape index (κ1) is 18.7. The van der Waals surface area contributed by atoms with Crippen LogP contribution in [0.2, 0.25) is 5.02 Å². The molecule has 0 saturated heterocycles. The summed E-state index contributed by atoms with van der Waals surface area (Å²) in [4.78, 5) is 25.6. The highest BCUT2D eigenvalue weighted by Gasteiger charge is 2.24. The Morgan fingerprint density at radius 2 is 1.75 bits per heavy atom. The maximum absolute atomic E-state index is 12.7. The van der Waals surface area contributed by atoms with Crippen LogP contribution in [-0.4, -0.2) is 17.9 Å². The van der Waals surface area contributed by atoms with Gasteiger partial charge in [0.2, 0.25) is 0 Å². The predicted molar refractivity (Wildman–Crippen MR) is 114 cm³/mol. The molecule has 3 aromatic rings. The second kappa shape index (κ2) is 7.78. The zero-order valence-corrected chi connectivity index (χ0v) is 16.9. The van der Waals surface area contributed by atoms with E-state index in [4.69, 9.17) is 11.6 Å². The first-order valence-electron chi connectivity index (χ1n) is 9.07. The van der Waals surface area contributed by atoms with Gasteiger partial charge in [-0.15, -0.1) is 11.3 Å². The van der Waals surface area contributed by atoms with Gasteiger partial charge in [-0.1, -0.05) is 29.8 Å². The molecule has 4 rings (SSSR count). The summed E-state index contributed by atoms with van der Waals surface area (Å²) < 4.78 is 0. The van der Waals surface area contributed by atoms with Crippen molar-refractivity contribution in [2.45, 2.75) is 25.8 Å². The average molecular weight is 411 g/mol. The Morgan fingerprint density at radius 3 is 2.46 bits per heavy atom. The van der Waals surface area contributed by atoms with Crippen molar-refractivity contribution in [1.29, 1.82) is 0 Å². The molecule has 0 atom stereocenters. The van der Waals surface area contributed by atoms with Gasteiger partial charge in [0.1, 0.15) is 0 Å². The van der Waals surface area contributed by atoms with Gasteiger partial charge in [0.15, 0.2) is 0 Å². The molecule has 4 nitrogen and oxygen atoms in total. The summed E-state index contributed by atoms with van der Waals surface area (Å²) in [6, 6.07) is 15.0. The molecule has 6 heteroatoms. The molecule has 0 radical (unpaired) electrons. The minimum atomic E-state index is -0.187. The first-order chi connectivity index (χ1) is 13.5. The number of carbonyl (C=O) groups is 2. The number of anilines is 1. The lowest BCUT2D eigenvalue weighted by atomic mass is 10.1. The monoisotopic (exact) mass is 410 g/mol. The minimum absolute atomic E-state index is 0.0980. The SMILES string of the molecule is Cc1ccc(C(=O)NC2CC2)cc1NC(=O)c1cc(-c2ccc(Cl)cc2)cs1. The molecule has 1 saturated carbocycles. The van der Waals surface area contributed by atoms with Gasteiger partial charge in [0.05, 0.1) is 4.88 Å². The molecule has 0 aliphatic heterocycles. The highest BCUT2D eigenvalue weighted by atomic mass is 35.5. The largest absolute Gasteiger partial charge is 0.349 e. The molecule has 1 aromatic heterocycles. The third-order valence-electron chi connectivity index (χ3n) is 4.66. The van der Waals surface area contributed by atoms with E-state index in [1.807, 2.05) is 48.7 Å². The lowest BCUT2D eigenvalue weighted by Gasteiger charge is -2.10. The molecule has 1 heterocycles. The van der Waals surface area contributed by atoms with E-state index < -0.39 is 0 Å². The third-order valence-corrected chi connectivity index (χ3v) is 5.84. The van der Waals surface area contributed by atoms with Gasteiger partial charge in [0.25, 0.3) is 11.8 Å². The normalized spacial score (nSPS) is 13.2. The van der Waals surface area contributed by atoms with E-state index >= 15 is 0 Å². The Morgan fingerprint density at radius 1 is 1.00 bits per heavy atom. The van der Waals surface area contributed by atoms with Crippen LogP contribution in [0.5, 0.6) is 0 Å². The molecular weight excluding hydrogens is 392 g/mol. The Kier molecular flexibility index (Phi) is 5.20. The van der Waals surface area contributed by atoms with Crippen molar-refractivity contribution in [3.8, 4) is 11.1 Å². The van der Waals surface area contributed by atoms with Crippen molar-refractivity contribution in [1.82, 2.24) is 5.32 Å². The van der Waals surface area contributed by atoms with Crippen LogP contribution >= 0.6 is 22.9 Å². The highest BCUT2D eigenvalue weighted by molar-refractivity contribution is 7.12. The number of thiophene rings is 1. The van der Waals surface area contributed by atoms with Crippen molar-refractivity contribution in [3.63, 3.8) is 0 Å². The topological polar surface area (TPSA) is 58.2 Å². The molecule has 2 amide bonds. The first-order valence-corrected chi connectivity index (χ1v) is 10.3. The summed E-state index contributed by atoms with van der Waals surface area (Å²) in [5.41, 5.74) is 4.09. The van der Waals surface area contributed by atoms with Gasteiger partial charge in [-0.25, -0.2) is 0 Å². The summed E-state index contributed by atoms with van der Waals surface area (Å²) >= 11 is 7.32. The molecule has 0 spiro atoms. The Balaban J connectivity index is 1.50. The second-order valence-electron chi connectivity index (χ2n) is 6.94. The van der Waals surface area contributed by atoms with E-state index in [2.05, 4.69) is 10.6 Å². The maximum Gasteiger partial charge on any atom is 0.265 e. The standard InChI is InChI=1S/C22H19ClN2O2S/c1-13-2-3-15(21(26)24-18-8-9-18)10-19(13)25-22(27)20-11-16(12-28-20)14-4-6-17(23)7-5-14/h2-7,10-12,18H,8-9H2,1H3,(H,24,26)(H,25,27). The van der Waals surface area contributed by atoms with Gasteiger partial charge < -0.3 is 10.6 Å². The van der Waals surface area contributed by atoms with E-state index in [-0.39, 0.29) is 11.8 Å². The summed E-state index contributed by atoms with van der Waals surface area (Å²) in [5, 5.41) is 8.53. The molecule has 142 valence electrons. The molecule has 1 fully saturated rings. The number of amides is 2. The quantitative estimate of drug-likeness (QED) is 0.581. The van der Waals surface area contributed by atoms with E-state index in [9.17, 15) is 9.59 Å². The summed E-state index contributed by atoms with van der Waals surface area (Å²) in [6.45, 7) is 1.91. The van der Waals surface area contributed by atoms with Crippen LogP contribution in [0.3, 0.4) is 0 Å².